The third-order valence-electron chi connectivity index (χ3n) is 2.52. The molecular formula is C11H17N3O2. The Morgan fingerprint density at radius 2 is 2.31 bits per heavy atom. The van der Waals surface area contributed by atoms with Crippen molar-refractivity contribution in [3.05, 3.63) is 24.0 Å². The molecule has 0 aliphatic rings. The number of nitrogens with one attached hydrogen (secondary N) is 1. The molecule has 0 spiro atoms. The third kappa shape index (κ3) is 2.70. The average Bonchev–Trinajstić information content (AvgIpc) is 2.36. The summed E-state index contributed by atoms with van der Waals surface area (Å²) in [5.74, 6) is -0.191. The molecule has 1 aromatic rings. The number of aromatic nitrogens is 1. The van der Waals surface area contributed by atoms with E-state index in [1.807, 2.05) is 0 Å². The summed E-state index contributed by atoms with van der Waals surface area (Å²) in [5.41, 5.74) is 1.23. The maximum absolute atomic E-state index is 11.9. The van der Waals surface area contributed by atoms with Crippen molar-refractivity contribution in [1.29, 1.82) is 0 Å². The molecule has 1 atom stereocenters. The maximum atomic E-state index is 11.9. The molecule has 1 heterocycles. The van der Waals surface area contributed by atoms with Gasteiger partial charge in [0.1, 0.15) is 5.69 Å². The van der Waals surface area contributed by atoms with Gasteiger partial charge in [0.15, 0.2) is 0 Å². The number of rotatable bonds is 4. The number of nitrogens with zero attached hydrogens (tertiary/aromatic N) is 2. The summed E-state index contributed by atoms with van der Waals surface area (Å²) < 4.78 is 0. The molecule has 0 aromatic carbocycles. The second-order valence-electron chi connectivity index (χ2n) is 3.63. The molecule has 1 unspecified atom stereocenters. The van der Waals surface area contributed by atoms with Crippen LogP contribution in [0.15, 0.2) is 18.3 Å². The Hall–Kier alpha value is -1.62. The Bertz CT molecular complexity index is 351. The molecule has 0 bridgehead atoms. The van der Waals surface area contributed by atoms with E-state index in [4.69, 9.17) is 5.11 Å². The zero-order valence-electron chi connectivity index (χ0n) is 9.77. The van der Waals surface area contributed by atoms with Crippen molar-refractivity contribution in [3.63, 3.8) is 0 Å². The first kappa shape index (κ1) is 12.4. The standard InChI is InChI=1S/C11H17N3O2/c1-8(7-15)14(3)11(16)10-5-4-9(12-2)6-13-10/h4-6,8,12,15H,7H2,1-3H3. The molecule has 0 fully saturated rings. The molecule has 16 heavy (non-hydrogen) atoms. The van der Waals surface area contributed by atoms with Gasteiger partial charge in [0.05, 0.1) is 24.5 Å². The Morgan fingerprint density at radius 1 is 1.62 bits per heavy atom. The van der Waals surface area contributed by atoms with Crippen LogP contribution in [0.25, 0.3) is 0 Å². The maximum Gasteiger partial charge on any atom is 0.272 e. The fourth-order valence-electron chi connectivity index (χ4n) is 1.17. The lowest BCUT2D eigenvalue weighted by Crippen LogP contribution is -2.37. The number of aliphatic hydroxyl groups excluding tert-OH is 1. The molecule has 1 aromatic heterocycles. The topological polar surface area (TPSA) is 65.5 Å². The van der Waals surface area contributed by atoms with Crippen molar-refractivity contribution in [1.82, 2.24) is 9.88 Å². The van der Waals surface area contributed by atoms with E-state index in [0.717, 1.165) is 5.69 Å². The highest BCUT2D eigenvalue weighted by Gasteiger charge is 2.17. The lowest BCUT2D eigenvalue weighted by atomic mass is 10.2. The fraction of sp³-hybridized carbons (Fsp3) is 0.455. The Balaban J connectivity index is 2.80. The molecule has 5 heteroatoms. The predicted molar refractivity (Wildman–Crippen MR) is 62.4 cm³/mol. The first-order valence-corrected chi connectivity index (χ1v) is 5.12. The van der Waals surface area contributed by atoms with E-state index in [1.165, 1.54) is 4.90 Å². The van der Waals surface area contributed by atoms with Crippen LogP contribution in [0.3, 0.4) is 0 Å². The van der Waals surface area contributed by atoms with E-state index < -0.39 is 0 Å². The van der Waals surface area contributed by atoms with Gasteiger partial charge in [0, 0.05) is 14.1 Å². The Kier molecular flexibility index (Phi) is 4.25. The van der Waals surface area contributed by atoms with Crippen molar-refractivity contribution in [3.8, 4) is 0 Å². The van der Waals surface area contributed by atoms with Crippen LogP contribution in [0.5, 0.6) is 0 Å². The van der Waals surface area contributed by atoms with Crippen molar-refractivity contribution in [2.24, 2.45) is 0 Å². The number of amides is 1. The van der Waals surface area contributed by atoms with Crippen LogP contribution in [0.1, 0.15) is 17.4 Å². The highest BCUT2D eigenvalue weighted by atomic mass is 16.3. The quantitative estimate of drug-likeness (QED) is 0.783. The fourth-order valence-corrected chi connectivity index (χ4v) is 1.17. The van der Waals surface area contributed by atoms with Gasteiger partial charge in [-0.05, 0) is 19.1 Å². The Labute approximate surface area is 95.1 Å². The molecule has 1 amide bonds. The van der Waals surface area contributed by atoms with Gasteiger partial charge in [-0.1, -0.05) is 0 Å². The summed E-state index contributed by atoms with van der Waals surface area (Å²) in [6, 6.07) is 3.24. The number of aliphatic hydroxyl groups is 1. The lowest BCUT2D eigenvalue weighted by molar-refractivity contribution is 0.0676. The molecule has 88 valence electrons. The molecule has 1 rings (SSSR count). The van der Waals surface area contributed by atoms with Gasteiger partial charge in [0.25, 0.3) is 5.91 Å². The summed E-state index contributed by atoms with van der Waals surface area (Å²) in [5, 5.41) is 11.9. The van der Waals surface area contributed by atoms with Gasteiger partial charge in [-0.25, -0.2) is 4.98 Å². The van der Waals surface area contributed by atoms with Gasteiger partial charge in [-0.2, -0.15) is 0 Å². The van der Waals surface area contributed by atoms with Gasteiger partial charge >= 0.3 is 0 Å². The van der Waals surface area contributed by atoms with Gasteiger partial charge in [-0.3, -0.25) is 4.79 Å². The molecule has 0 radical (unpaired) electrons. The SMILES string of the molecule is CNc1ccc(C(=O)N(C)C(C)CO)nc1. The van der Waals surface area contributed by atoms with Crippen LogP contribution in [-0.4, -0.2) is 47.6 Å². The number of carbonyl (C=O) groups is 1. The normalized spacial score (nSPS) is 12.0. The molecule has 0 aliphatic carbocycles. The highest BCUT2D eigenvalue weighted by molar-refractivity contribution is 5.92. The van der Waals surface area contributed by atoms with E-state index in [0.29, 0.717) is 5.69 Å². The van der Waals surface area contributed by atoms with Crippen molar-refractivity contribution >= 4 is 11.6 Å². The van der Waals surface area contributed by atoms with Crippen LogP contribution in [-0.2, 0) is 0 Å². The minimum absolute atomic E-state index is 0.0587. The smallest absolute Gasteiger partial charge is 0.272 e. The third-order valence-corrected chi connectivity index (χ3v) is 2.52. The summed E-state index contributed by atoms with van der Waals surface area (Å²) in [7, 11) is 3.44. The molecular weight excluding hydrogens is 206 g/mol. The van der Waals surface area contributed by atoms with E-state index in [1.54, 1.807) is 39.3 Å². The number of anilines is 1. The molecule has 0 saturated heterocycles. The number of likely N-dealkylation sites (N-methyl/N-ethyl adjacent to an activating group) is 1. The van der Waals surface area contributed by atoms with E-state index in [9.17, 15) is 4.79 Å². The van der Waals surface area contributed by atoms with Crippen LogP contribution >= 0.6 is 0 Å². The molecule has 2 N–H and O–H groups in total. The van der Waals surface area contributed by atoms with Crippen LogP contribution < -0.4 is 5.32 Å². The summed E-state index contributed by atoms with van der Waals surface area (Å²) in [4.78, 5) is 17.4. The van der Waals surface area contributed by atoms with Crippen LogP contribution in [0.4, 0.5) is 5.69 Å². The van der Waals surface area contributed by atoms with Crippen molar-refractivity contribution in [2.45, 2.75) is 13.0 Å². The summed E-state index contributed by atoms with van der Waals surface area (Å²) in [6.45, 7) is 1.72. The van der Waals surface area contributed by atoms with Crippen molar-refractivity contribution < 1.29 is 9.90 Å². The van der Waals surface area contributed by atoms with Crippen LogP contribution in [0.2, 0.25) is 0 Å². The van der Waals surface area contributed by atoms with Gasteiger partial charge in [-0.15, -0.1) is 0 Å². The molecule has 0 saturated carbocycles. The number of carbonyl (C=O) groups excluding carboxylic acids is 1. The monoisotopic (exact) mass is 223 g/mol. The second kappa shape index (κ2) is 5.46. The summed E-state index contributed by atoms with van der Waals surface area (Å²) >= 11 is 0. The number of pyridine rings is 1. The Morgan fingerprint density at radius 3 is 2.75 bits per heavy atom. The van der Waals surface area contributed by atoms with E-state index in [-0.39, 0.29) is 18.6 Å². The zero-order valence-corrected chi connectivity index (χ0v) is 9.77. The molecule has 5 nitrogen and oxygen atoms in total. The number of hydrogen-bond donors (Lipinski definition) is 2. The highest BCUT2D eigenvalue weighted by Crippen LogP contribution is 2.08. The van der Waals surface area contributed by atoms with Crippen LogP contribution in [0, 0.1) is 0 Å². The average molecular weight is 223 g/mol. The van der Waals surface area contributed by atoms with Gasteiger partial charge in [0.2, 0.25) is 0 Å². The predicted octanol–water partition coefficient (Wildman–Crippen LogP) is 0.576. The van der Waals surface area contributed by atoms with Crippen molar-refractivity contribution in [2.75, 3.05) is 26.0 Å². The van der Waals surface area contributed by atoms with E-state index in [2.05, 4.69) is 10.3 Å². The first-order valence-electron chi connectivity index (χ1n) is 5.12. The first-order chi connectivity index (χ1) is 7.60. The zero-order chi connectivity index (χ0) is 12.1. The number of hydrogen-bond acceptors (Lipinski definition) is 4. The van der Waals surface area contributed by atoms with E-state index >= 15 is 0 Å². The van der Waals surface area contributed by atoms with Gasteiger partial charge < -0.3 is 15.3 Å². The minimum Gasteiger partial charge on any atom is -0.394 e. The lowest BCUT2D eigenvalue weighted by Gasteiger charge is -2.22. The second-order valence-corrected chi connectivity index (χ2v) is 3.63. The largest absolute Gasteiger partial charge is 0.394 e. The summed E-state index contributed by atoms with van der Waals surface area (Å²) in [6.07, 6.45) is 1.60. The minimum atomic E-state index is -0.210. The molecule has 0 aliphatic heterocycles.